The molecule has 0 saturated carbocycles. The Labute approximate surface area is 98.7 Å². The number of rotatable bonds is 6. The van der Waals surface area contributed by atoms with Gasteiger partial charge in [-0.05, 0) is 6.92 Å². The lowest BCUT2D eigenvalue weighted by molar-refractivity contribution is -0.115. The van der Waals surface area contributed by atoms with Gasteiger partial charge in [-0.1, -0.05) is 0 Å². The Kier molecular flexibility index (Phi) is 4.44. The number of aromatic amines is 1. The van der Waals surface area contributed by atoms with Crippen LogP contribution in [0.15, 0.2) is 0 Å². The van der Waals surface area contributed by atoms with Crippen LogP contribution in [0.5, 0.6) is 6.01 Å². The van der Waals surface area contributed by atoms with Crippen LogP contribution in [-0.2, 0) is 14.6 Å². The summed E-state index contributed by atoms with van der Waals surface area (Å²) < 4.78 is 26.7. The number of hydrogen-bond donors (Lipinski definition) is 2. The Hall–Kier alpha value is -1.64. The molecule has 96 valence electrons. The number of H-pyrrole nitrogens is 1. The average Bonchev–Trinajstić information content (AvgIpc) is 2.62. The van der Waals surface area contributed by atoms with Gasteiger partial charge in [0, 0.05) is 12.7 Å². The van der Waals surface area contributed by atoms with Crippen molar-refractivity contribution in [3.63, 3.8) is 0 Å². The summed E-state index contributed by atoms with van der Waals surface area (Å²) in [7, 11) is -3.15. The summed E-state index contributed by atoms with van der Waals surface area (Å²) in [6.45, 7) is 2.19. The third kappa shape index (κ3) is 5.29. The zero-order valence-corrected chi connectivity index (χ0v) is 10.4. The van der Waals surface area contributed by atoms with E-state index in [0.29, 0.717) is 6.61 Å². The van der Waals surface area contributed by atoms with Crippen molar-refractivity contribution in [3.8, 4) is 6.01 Å². The van der Waals surface area contributed by atoms with Crippen LogP contribution in [0.4, 0.5) is 5.95 Å². The predicted octanol–water partition coefficient (Wildman–Crippen LogP) is -0.423. The second-order valence-corrected chi connectivity index (χ2v) is 5.59. The molecule has 0 aliphatic heterocycles. The fourth-order valence-corrected chi connectivity index (χ4v) is 1.52. The number of carbonyl (C=O) groups is 1. The minimum Gasteiger partial charge on any atom is -0.463 e. The van der Waals surface area contributed by atoms with Gasteiger partial charge in [0.15, 0.2) is 0 Å². The molecular formula is C8H14N4O4S. The zero-order valence-electron chi connectivity index (χ0n) is 9.56. The van der Waals surface area contributed by atoms with Crippen molar-refractivity contribution in [1.82, 2.24) is 15.2 Å². The molecule has 1 rings (SSSR count). The molecule has 0 aromatic carbocycles. The number of hydrogen-bond acceptors (Lipinski definition) is 6. The summed E-state index contributed by atoms with van der Waals surface area (Å²) in [6.07, 6.45) is 0.950. The number of nitrogens with zero attached hydrogens (tertiary/aromatic N) is 2. The van der Waals surface area contributed by atoms with E-state index in [2.05, 4.69) is 20.5 Å². The van der Waals surface area contributed by atoms with Gasteiger partial charge in [-0.25, -0.2) is 13.5 Å². The highest BCUT2D eigenvalue weighted by atomic mass is 32.2. The van der Waals surface area contributed by atoms with Crippen molar-refractivity contribution in [3.05, 3.63) is 0 Å². The van der Waals surface area contributed by atoms with Crippen LogP contribution in [0, 0.1) is 0 Å². The van der Waals surface area contributed by atoms with Gasteiger partial charge in [-0.2, -0.15) is 4.98 Å². The number of carbonyl (C=O) groups excluding carboxylic acids is 1. The summed E-state index contributed by atoms with van der Waals surface area (Å²) in [5.41, 5.74) is 0. The molecule has 1 heterocycles. The van der Waals surface area contributed by atoms with E-state index in [-0.39, 0.29) is 24.1 Å². The van der Waals surface area contributed by atoms with Crippen molar-refractivity contribution >= 4 is 21.7 Å². The molecule has 2 N–H and O–H groups in total. The van der Waals surface area contributed by atoms with E-state index in [1.54, 1.807) is 6.92 Å². The molecule has 0 aliphatic rings. The van der Waals surface area contributed by atoms with Gasteiger partial charge < -0.3 is 4.74 Å². The quantitative estimate of drug-likeness (QED) is 0.719. The molecule has 9 heteroatoms. The average molecular weight is 262 g/mol. The summed E-state index contributed by atoms with van der Waals surface area (Å²) in [6, 6.07) is 0.130. The molecule has 0 unspecified atom stereocenters. The largest absolute Gasteiger partial charge is 0.463 e. The number of amides is 1. The molecule has 8 nitrogen and oxygen atoms in total. The number of sulfone groups is 1. The minimum atomic E-state index is -3.15. The zero-order chi connectivity index (χ0) is 12.9. The van der Waals surface area contributed by atoms with E-state index in [1.165, 1.54) is 0 Å². The van der Waals surface area contributed by atoms with Crippen LogP contribution in [-0.4, -0.2) is 48.1 Å². The Balaban J connectivity index is 2.45. The summed E-state index contributed by atoms with van der Waals surface area (Å²) in [4.78, 5) is 15.1. The lowest BCUT2D eigenvalue weighted by Crippen LogP contribution is -2.17. The molecule has 1 aromatic rings. The standard InChI is InChI=1S/C8H14N4O4S/c1-3-16-8-10-7(11-12-8)9-6(13)4-5-17(2,14)15/h3-5H2,1-2H3,(H2,9,10,11,12,13). The van der Waals surface area contributed by atoms with Gasteiger partial charge >= 0.3 is 6.01 Å². The predicted molar refractivity (Wildman–Crippen MR) is 60.5 cm³/mol. The molecule has 0 saturated heterocycles. The summed E-state index contributed by atoms with van der Waals surface area (Å²) in [5, 5.41) is 8.51. The molecule has 17 heavy (non-hydrogen) atoms. The summed E-state index contributed by atoms with van der Waals surface area (Å²) in [5.74, 6) is -0.521. The molecule has 0 bridgehead atoms. The van der Waals surface area contributed by atoms with Crippen LogP contribution < -0.4 is 10.1 Å². The fourth-order valence-electron chi connectivity index (χ4n) is 0.969. The van der Waals surface area contributed by atoms with Crippen molar-refractivity contribution in [2.75, 3.05) is 23.9 Å². The van der Waals surface area contributed by atoms with Gasteiger partial charge in [0.25, 0.3) is 0 Å². The smallest absolute Gasteiger partial charge is 0.337 e. The second kappa shape index (κ2) is 5.62. The highest BCUT2D eigenvalue weighted by molar-refractivity contribution is 7.90. The number of aromatic nitrogens is 3. The van der Waals surface area contributed by atoms with E-state index in [0.717, 1.165) is 6.26 Å². The Morgan fingerprint density at radius 1 is 1.53 bits per heavy atom. The van der Waals surface area contributed by atoms with Crippen molar-refractivity contribution in [2.24, 2.45) is 0 Å². The molecular weight excluding hydrogens is 248 g/mol. The number of ether oxygens (including phenoxy) is 1. The van der Waals surface area contributed by atoms with Gasteiger partial charge in [-0.3, -0.25) is 10.1 Å². The Morgan fingerprint density at radius 3 is 2.82 bits per heavy atom. The topological polar surface area (TPSA) is 114 Å². The lowest BCUT2D eigenvalue weighted by atomic mass is 10.4. The SMILES string of the molecule is CCOc1n[nH]c(NC(=O)CCS(C)(=O)=O)n1. The van der Waals surface area contributed by atoms with Gasteiger partial charge in [0.2, 0.25) is 11.9 Å². The van der Waals surface area contributed by atoms with E-state index in [4.69, 9.17) is 4.74 Å². The maximum Gasteiger partial charge on any atom is 0.337 e. The van der Waals surface area contributed by atoms with Crippen molar-refractivity contribution in [1.29, 1.82) is 0 Å². The minimum absolute atomic E-state index is 0.122. The van der Waals surface area contributed by atoms with Crippen LogP contribution in [0.3, 0.4) is 0 Å². The normalized spacial score (nSPS) is 11.2. The molecule has 1 aromatic heterocycles. The first kappa shape index (κ1) is 13.4. The molecule has 1 amide bonds. The van der Waals surface area contributed by atoms with Gasteiger partial charge in [0.05, 0.1) is 12.4 Å². The van der Waals surface area contributed by atoms with E-state index in [9.17, 15) is 13.2 Å². The van der Waals surface area contributed by atoms with Gasteiger partial charge in [-0.15, -0.1) is 5.10 Å². The third-order valence-electron chi connectivity index (χ3n) is 1.70. The molecule has 0 aliphatic carbocycles. The third-order valence-corrected chi connectivity index (χ3v) is 2.64. The van der Waals surface area contributed by atoms with Gasteiger partial charge in [0.1, 0.15) is 9.84 Å². The molecule has 0 fully saturated rings. The monoisotopic (exact) mass is 262 g/mol. The maximum atomic E-state index is 11.3. The van der Waals surface area contributed by atoms with Crippen molar-refractivity contribution < 1.29 is 17.9 Å². The van der Waals surface area contributed by atoms with Crippen LogP contribution in [0.1, 0.15) is 13.3 Å². The first-order valence-corrected chi connectivity index (χ1v) is 6.99. The molecule has 0 radical (unpaired) electrons. The highest BCUT2D eigenvalue weighted by Crippen LogP contribution is 2.05. The number of nitrogens with one attached hydrogen (secondary N) is 2. The fraction of sp³-hybridized carbons (Fsp3) is 0.625. The van der Waals surface area contributed by atoms with Crippen LogP contribution in [0.2, 0.25) is 0 Å². The second-order valence-electron chi connectivity index (χ2n) is 3.33. The van der Waals surface area contributed by atoms with E-state index >= 15 is 0 Å². The Morgan fingerprint density at radius 2 is 2.24 bits per heavy atom. The highest BCUT2D eigenvalue weighted by Gasteiger charge is 2.10. The Bertz CT molecular complexity index is 481. The first-order valence-electron chi connectivity index (χ1n) is 4.93. The number of anilines is 1. The molecule has 0 atom stereocenters. The maximum absolute atomic E-state index is 11.3. The van der Waals surface area contributed by atoms with E-state index in [1.807, 2.05) is 0 Å². The first-order chi connectivity index (χ1) is 7.90. The van der Waals surface area contributed by atoms with Crippen LogP contribution >= 0.6 is 0 Å². The molecule has 0 spiro atoms. The van der Waals surface area contributed by atoms with Crippen LogP contribution in [0.25, 0.3) is 0 Å². The van der Waals surface area contributed by atoms with Crippen molar-refractivity contribution in [2.45, 2.75) is 13.3 Å². The summed E-state index contributed by atoms with van der Waals surface area (Å²) >= 11 is 0. The van der Waals surface area contributed by atoms with E-state index < -0.39 is 15.7 Å². The lowest BCUT2D eigenvalue weighted by Gasteiger charge is -1.99.